The van der Waals surface area contributed by atoms with Gasteiger partial charge < -0.3 is 9.30 Å². The Labute approximate surface area is 130 Å². The molecule has 0 saturated heterocycles. The van der Waals surface area contributed by atoms with Crippen molar-refractivity contribution in [1.82, 2.24) is 9.55 Å². The summed E-state index contributed by atoms with van der Waals surface area (Å²) in [4.78, 5) is 16.6. The van der Waals surface area contributed by atoms with E-state index in [9.17, 15) is 9.18 Å². The molecule has 0 unspecified atom stereocenters. The van der Waals surface area contributed by atoms with Crippen LogP contribution in [0.5, 0.6) is 5.75 Å². The number of aromatic nitrogens is 2. The number of carbonyl (C=O) groups excluding carboxylic acids is 1. The Balaban J connectivity index is 1.89. The molecule has 0 bridgehead atoms. The van der Waals surface area contributed by atoms with Gasteiger partial charge in [-0.25, -0.2) is 14.2 Å². The molecule has 1 aliphatic rings. The van der Waals surface area contributed by atoms with Crippen molar-refractivity contribution in [3.05, 3.63) is 45.7 Å². The molecule has 0 atom stereocenters. The Hall–Kier alpha value is -1.69. The Morgan fingerprint density at radius 2 is 2.19 bits per heavy atom. The molecular weight excluding hydrogens is 339 g/mol. The third kappa shape index (κ3) is 2.85. The summed E-state index contributed by atoms with van der Waals surface area (Å²) in [6.07, 6.45) is 2.95. The molecule has 0 fully saturated rings. The van der Waals surface area contributed by atoms with Gasteiger partial charge in [0, 0.05) is 17.1 Å². The second-order valence-electron chi connectivity index (χ2n) is 5.06. The van der Waals surface area contributed by atoms with Gasteiger partial charge in [0.2, 0.25) is 0 Å². The van der Waals surface area contributed by atoms with E-state index in [1.165, 1.54) is 12.1 Å². The summed E-state index contributed by atoms with van der Waals surface area (Å²) in [5, 5.41) is 0. The van der Waals surface area contributed by atoms with Crippen LogP contribution in [0.1, 0.15) is 34.8 Å². The lowest BCUT2D eigenvalue weighted by Gasteiger charge is -2.16. The number of ether oxygens (including phenoxy) is 1. The minimum absolute atomic E-state index is 0.169. The SMILES string of the molecule is Cc1nc(C(=O)Oc2cc(F)cc(Br)c2)c2n1CCCC2. The molecule has 21 heavy (non-hydrogen) atoms. The van der Waals surface area contributed by atoms with Crippen LogP contribution in [0.25, 0.3) is 0 Å². The summed E-state index contributed by atoms with van der Waals surface area (Å²) in [6.45, 7) is 2.76. The van der Waals surface area contributed by atoms with Crippen molar-refractivity contribution < 1.29 is 13.9 Å². The molecule has 4 nitrogen and oxygen atoms in total. The highest BCUT2D eigenvalue weighted by Gasteiger charge is 2.24. The number of hydrogen-bond acceptors (Lipinski definition) is 3. The first-order valence-electron chi connectivity index (χ1n) is 6.79. The number of rotatable bonds is 2. The Kier molecular flexibility index (Phi) is 3.80. The summed E-state index contributed by atoms with van der Waals surface area (Å²) >= 11 is 3.17. The van der Waals surface area contributed by atoms with Gasteiger partial charge in [-0.1, -0.05) is 15.9 Å². The minimum atomic E-state index is -0.536. The van der Waals surface area contributed by atoms with Crippen molar-refractivity contribution in [2.45, 2.75) is 32.7 Å². The van der Waals surface area contributed by atoms with Crippen LogP contribution in [0.4, 0.5) is 4.39 Å². The lowest BCUT2D eigenvalue weighted by atomic mass is 10.1. The summed E-state index contributed by atoms with van der Waals surface area (Å²) in [5.74, 6) is -0.0133. The highest BCUT2D eigenvalue weighted by atomic mass is 79.9. The summed E-state index contributed by atoms with van der Waals surface area (Å²) in [5.41, 5.74) is 1.26. The standard InChI is InChI=1S/C15H14BrFN2O2/c1-9-18-14(13-4-2-3-5-19(9)13)15(20)21-12-7-10(16)6-11(17)8-12/h6-8H,2-5H2,1H3. The quantitative estimate of drug-likeness (QED) is 0.612. The van der Waals surface area contributed by atoms with Crippen LogP contribution in [0.3, 0.4) is 0 Å². The normalized spacial score (nSPS) is 13.9. The van der Waals surface area contributed by atoms with E-state index in [1.54, 1.807) is 6.07 Å². The topological polar surface area (TPSA) is 44.1 Å². The lowest BCUT2D eigenvalue weighted by molar-refractivity contribution is 0.0727. The van der Waals surface area contributed by atoms with Crippen LogP contribution < -0.4 is 4.74 Å². The molecular formula is C15H14BrFN2O2. The van der Waals surface area contributed by atoms with E-state index in [1.807, 2.05) is 6.92 Å². The fourth-order valence-corrected chi connectivity index (χ4v) is 3.07. The van der Waals surface area contributed by atoms with Gasteiger partial charge in [0.1, 0.15) is 17.4 Å². The molecule has 0 amide bonds. The van der Waals surface area contributed by atoms with E-state index < -0.39 is 11.8 Å². The monoisotopic (exact) mass is 352 g/mol. The van der Waals surface area contributed by atoms with Crippen LogP contribution in [0.2, 0.25) is 0 Å². The van der Waals surface area contributed by atoms with Crippen molar-refractivity contribution in [1.29, 1.82) is 0 Å². The Bertz CT molecular complexity index is 692. The van der Waals surface area contributed by atoms with E-state index >= 15 is 0 Å². The number of imidazole rings is 1. The zero-order valence-electron chi connectivity index (χ0n) is 11.5. The number of fused-ring (bicyclic) bond motifs is 1. The van der Waals surface area contributed by atoms with Crippen molar-refractivity contribution in [3.63, 3.8) is 0 Å². The fraction of sp³-hybridized carbons (Fsp3) is 0.333. The van der Waals surface area contributed by atoms with Gasteiger partial charge in [0.25, 0.3) is 0 Å². The number of hydrogen-bond donors (Lipinski definition) is 0. The third-order valence-corrected chi connectivity index (χ3v) is 4.01. The van der Waals surface area contributed by atoms with Crippen molar-refractivity contribution in [3.8, 4) is 5.75 Å². The van der Waals surface area contributed by atoms with E-state index in [0.717, 1.165) is 37.3 Å². The average Bonchev–Trinajstić information content (AvgIpc) is 2.76. The first kappa shape index (κ1) is 14.3. The molecule has 0 radical (unpaired) electrons. The fourth-order valence-electron chi connectivity index (χ4n) is 2.63. The van der Waals surface area contributed by atoms with Gasteiger partial charge in [-0.05, 0) is 38.3 Å². The number of benzene rings is 1. The Morgan fingerprint density at radius 3 is 2.95 bits per heavy atom. The van der Waals surface area contributed by atoms with E-state index in [0.29, 0.717) is 10.2 Å². The van der Waals surface area contributed by atoms with E-state index in [-0.39, 0.29) is 5.75 Å². The van der Waals surface area contributed by atoms with Gasteiger partial charge in [-0.3, -0.25) is 0 Å². The molecule has 1 aromatic carbocycles. The second-order valence-corrected chi connectivity index (χ2v) is 5.97. The van der Waals surface area contributed by atoms with Crippen LogP contribution in [-0.2, 0) is 13.0 Å². The molecule has 1 aromatic heterocycles. The molecule has 1 aliphatic heterocycles. The number of nitrogens with zero attached hydrogens (tertiary/aromatic N) is 2. The smallest absolute Gasteiger partial charge is 0.364 e. The lowest BCUT2D eigenvalue weighted by Crippen LogP contribution is -2.16. The molecule has 2 heterocycles. The molecule has 0 spiro atoms. The van der Waals surface area contributed by atoms with Crippen LogP contribution in [0.15, 0.2) is 22.7 Å². The highest BCUT2D eigenvalue weighted by molar-refractivity contribution is 9.10. The predicted octanol–water partition coefficient (Wildman–Crippen LogP) is 3.65. The summed E-state index contributed by atoms with van der Waals surface area (Å²) in [6, 6.07) is 4.04. The molecule has 6 heteroatoms. The van der Waals surface area contributed by atoms with Gasteiger partial charge >= 0.3 is 5.97 Å². The maximum Gasteiger partial charge on any atom is 0.364 e. The first-order valence-corrected chi connectivity index (χ1v) is 7.58. The maximum absolute atomic E-state index is 13.3. The Morgan fingerprint density at radius 1 is 1.38 bits per heavy atom. The molecule has 0 N–H and O–H groups in total. The zero-order valence-corrected chi connectivity index (χ0v) is 13.1. The largest absolute Gasteiger partial charge is 0.422 e. The average molecular weight is 353 g/mol. The van der Waals surface area contributed by atoms with Gasteiger partial charge in [-0.2, -0.15) is 0 Å². The van der Waals surface area contributed by atoms with Crippen LogP contribution in [-0.4, -0.2) is 15.5 Å². The molecule has 0 saturated carbocycles. The predicted molar refractivity (Wildman–Crippen MR) is 79.0 cm³/mol. The van der Waals surface area contributed by atoms with Crippen molar-refractivity contribution >= 4 is 21.9 Å². The number of aryl methyl sites for hydroxylation is 1. The highest BCUT2D eigenvalue weighted by Crippen LogP contribution is 2.24. The zero-order chi connectivity index (χ0) is 15.0. The molecule has 2 aromatic rings. The van der Waals surface area contributed by atoms with Gasteiger partial charge in [0.05, 0.1) is 5.69 Å². The van der Waals surface area contributed by atoms with Crippen molar-refractivity contribution in [2.75, 3.05) is 0 Å². The van der Waals surface area contributed by atoms with Crippen LogP contribution >= 0.6 is 15.9 Å². The minimum Gasteiger partial charge on any atom is -0.422 e. The third-order valence-electron chi connectivity index (χ3n) is 3.55. The second kappa shape index (κ2) is 5.60. The number of carbonyl (C=O) groups is 1. The maximum atomic E-state index is 13.3. The molecule has 3 rings (SSSR count). The summed E-state index contributed by atoms with van der Waals surface area (Å²) in [7, 11) is 0. The number of esters is 1. The van der Waals surface area contributed by atoms with E-state index in [4.69, 9.17) is 4.74 Å². The molecule has 0 aliphatic carbocycles. The number of halogens is 2. The van der Waals surface area contributed by atoms with Gasteiger partial charge in [-0.15, -0.1) is 0 Å². The summed E-state index contributed by atoms with van der Waals surface area (Å²) < 4.78 is 21.2. The molecule has 110 valence electrons. The van der Waals surface area contributed by atoms with Crippen LogP contribution in [0, 0.1) is 12.7 Å². The van der Waals surface area contributed by atoms with E-state index in [2.05, 4.69) is 25.5 Å². The van der Waals surface area contributed by atoms with Crippen molar-refractivity contribution in [2.24, 2.45) is 0 Å². The van der Waals surface area contributed by atoms with Gasteiger partial charge in [0.15, 0.2) is 5.69 Å². The first-order chi connectivity index (χ1) is 10.0.